The van der Waals surface area contributed by atoms with Gasteiger partial charge in [0.2, 0.25) is 0 Å². The van der Waals surface area contributed by atoms with E-state index in [1.54, 1.807) is 12.1 Å². The molecule has 3 heteroatoms. The van der Waals surface area contributed by atoms with E-state index in [-0.39, 0.29) is 5.82 Å². The number of pyridine rings is 1. The molecule has 28 heavy (non-hydrogen) atoms. The van der Waals surface area contributed by atoms with Crippen LogP contribution in [0.3, 0.4) is 0 Å². The second-order valence-corrected chi connectivity index (χ2v) is 7.77. The minimum absolute atomic E-state index is 0.181. The molecule has 4 rings (SSSR count). The SMILES string of the molecule is Fc1cccc(Cc2ccc([C@H]3CCCN(CCc4ccccc4)C3)nc2)c1. The molecule has 1 aliphatic rings. The molecule has 0 unspecified atom stereocenters. The molecular weight excluding hydrogens is 347 g/mol. The van der Waals surface area contributed by atoms with E-state index in [4.69, 9.17) is 4.98 Å². The quantitative estimate of drug-likeness (QED) is 0.587. The third-order valence-electron chi connectivity index (χ3n) is 5.63. The second-order valence-electron chi connectivity index (χ2n) is 7.77. The predicted octanol–water partition coefficient (Wildman–Crippen LogP) is 5.23. The highest BCUT2D eigenvalue weighted by molar-refractivity contribution is 5.26. The van der Waals surface area contributed by atoms with Gasteiger partial charge in [-0.3, -0.25) is 4.98 Å². The highest BCUT2D eigenvalue weighted by Crippen LogP contribution is 2.26. The summed E-state index contributed by atoms with van der Waals surface area (Å²) in [6, 6.07) is 21.8. The first-order valence-electron chi connectivity index (χ1n) is 10.2. The average molecular weight is 375 g/mol. The lowest BCUT2D eigenvalue weighted by Crippen LogP contribution is -2.36. The van der Waals surface area contributed by atoms with Crippen molar-refractivity contribution in [1.82, 2.24) is 9.88 Å². The zero-order valence-electron chi connectivity index (χ0n) is 16.2. The molecule has 1 atom stereocenters. The van der Waals surface area contributed by atoms with Crippen LogP contribution in [0.25, 0.3) is 0 Å². The lowest BCUT2D eigenvalue weighted by atomic mass is 9.93. The van der Waals surface area contributed by atoms with Gasteiger partial charge in [-0.2, -0.15) is 0 Å². The van der Waals surface area contributed by atoms with E-state index in [2.05, 4.69) is 47.4 Å². The summed E-state index contributed by atoms with van der Waals surface area (Å²) in [6.45, 7) is 3.38. The van der Waals surface area contributed by atoms with Gasteiger partial charge < -0.3 is 4.90 Å². The maximum Gasteiger partial charge on any atom is 0.123 e. The van der Waals surface area contributed by atoms with Gasteiger partial charge in [0.1, 0.15) is 5.82 Å². The number of halogens is 1. The van der Waals surface area contributed by atoms with Gasteiger partial charge in [-0.25, -0.2) is 4.39 Å². The van der Waals surface area contributed by atoms with Crippen LogP contribution in [-0.4, -0.2) is 29.5 Å². The zero-order valence-corrected chi connectivity index (χ0v) is 16.2. The van der Waals surface area contributed by atoms with Crippen LogP contribution in [-0.2, 0) is 12.8 Å². The lowest BCUT2D eigenvalue weighted by molar-refractivity contribution is 0.208. The standard InChI is InChI=1S/C25H27FN2/c26-24-10-4-8-21(17-24)16-22-11-12-25(27-18-22)23-9-5-14-28(19-23)15-13-20-6-2-1-3-7-20/h1-4,6-8,10-12,17-18,23H,5,9,13-16,19H2/t23-/m0/s1. The maximum atomic E-state index is 13.4. The molecule has 0 N–H and O–H groups in total. The van der Waals surface area contributed by atoms with Crippen LogP contribution in [0, 0.1) is 5.82 Å². The summed E-state index contributed by atoms with van der Waals surface area (Å²) >= 11 is 0. The average Bonchev–Trinajstić information content (AvgIpc) is 2.74. The molecule has 2 nitrogen and oxygen atoms in total. The van der Waals surface area contributed by atoms with E-state index in [9.17, 15) is 4.39 Å². The van der Waals surface area contributed by atoms with Gasteiger partial charge in [0.25, 0.3) is 0 Å². The molecule has 0 bridgehead atoms. The first kappa shape index (κ1) is 18.8. The van der Waals surface area contributed by atoms with Crippen LogP contribution >= 0.6 is 0 Å². The smallest absolute Gasteiger partial charge is 0.123 e. The highest BCUT2D eigenvalue weighted by Gasteiger charge is 2.22. The number of piperidine rings is 1. The number of nitrogens with zero attached hydrogens (tertiary/aromatic N) is 2. The Morgan fingerprint density at radius 3 is 2.57 bits per heavy atom. The van der Waals surface area contributed by atoms with E-state index in [1.165, 1.54) is 36.7 Å². The van der Waals surface area contributed by atoms with Crippen LogP contribution in [0.4, 0.5) is 4.39 Å². The summed E-state index contributed by atoms with van der Waals surface area (Å²) in [4.78, 5) is 7.33. The van der Waals surface area contributed by atoms with Crippen molar-refractivity contribution in [1.29, 1.82) is 0 Å². The molecule has 2 heterocycles. The van der Waals surface area contributed by atoms with Gasteiger partial charge in [0.15, 0.2) is 0 Å². The second kappa shape index (κ2) is 9.11. The number of hydrogen-bond acceptors (Lipinski definition) is 2. The Morgan fingerprint density at radius 1 is 0.929 bits per heavy atom. The van der Waals surface area contributed by atoms with Crippen molar-refractivity contribution in [2.75, 3.05) is 19.6 Å². The summed E-state index contributed by atoms with van der Waals surface area (Å²) in [5.41, 5.74) is 4.71. The Morgan fingerprint density at radius 2 is 1.79 bits per heavy atom. The van der Waals surface area contributed by atoms with E-state index in [0.29, 0.717) is 5.92 Å². The minimum atomic E-state index is -0.181. The molecule has 0 radical (unpaired) electrons. The third-order valence-corrected chi connectivity index (χ3v) is 5.63. The van der Waals surface area contributed by atoms with Crippen LogP contribution in [0.5, 0.6) is 0 Å². The Hall–Kier alpha value is -2.52. The topological polar surface area (TPSA) is 16.1 Å². The minimum Gasteiger partial charge on any atom is -0.302 e. The Bertz CT molecular complexity index is 877. The van der Waals surface area contributed by atoms with E-state index < -0.39 is 0 Å². The monoisotopic (exact) mass is 374 g/mol. The number of rotatable bonds is 6. The molecule has 1 saturated heterocycles. The van der Waals surface area contributed by atoms with Crippen molar-refractivity contribution < 1.29 is 4.39 Å². The molecule has 1 aliphatic heterocycles. The third kappa shape index (κ3) is 5.05. The van der Waals surface area contributed by atoms with Crippen molar-refractivity contribution >= 4 is 0 Å². The fourth-order valence-electron chi connectivity index (χ4n) is 4.10. The molecule has 1 aromatic heterocycles. The molecule has 0 amide bonds. The number of likely N-dealkylation sites (tertiary alicyclic amines) is 1. The molecule has 0 spiro atoms. The summed E-state index contributed by atoms with van der Waals surface area (Å²) in [6.07, 6.45) is 6.22. The van der Waals surface area contributed by atoms with Crippen LogP contribution < -0.4 is 0 Å². The largest absolute Gasteiger partial charge is 0.302 e. The van der Waals surface area contributed by atoms with Gasteiger partial charge in [-0.15, -0.1) is 0 Å². The van der Waals surface area contributed by atoms with Crippen molar-refractivity contribution in [3.63, 3.8) is 0 Å². The van der Waals surface area contributed by atoms with Gasteiger partial charge in [0.05, 0.1) is 0 Å². The van der Waals surface area contributed by atoms with E-state index in [0.717, 1.165) is 37.1 Å². The van der Waals surface area contributed by atoms with Crippen LogP contribution in [0.1, 0.15) is 41.1 Å². The van der Waals surface area contributed by atoms with E-state index >= 15 is 0 Å². The molecule has 0 saturated carbocycles. The first-order chi connectivity index (χ1) is 13.8. The lowest BCUT2D eigenvalue weighted by Gasteiger charge is -2.32. The highest BCUT2D eigenvalue weighted by atomic mass is 19.1. The van der Waals surface area contributed by atoms with Gasteiger partial charge >= 0.3 is 0 Å². The van der Waals surface area contributed by atoms with Gasteiger partial charge in [-0.1, -0.05) is 48.5 Å². The molecule has 2 aromatic carbocycles. The summed E-state index contributed by atoms with van der Waals surface area (Å²) in [5.74, 6) is 0.327. The van der Waals surface area contributed by atoms with E-state index in [1.807, 2.05) is 12.3 Å². The summed E-state index contributed by atoms with van der Waals surface area (Å²) < 4.78 is 13.4. The number of aromatic nitrogens is 1. The fraction of sp³-hybridized carbons (Fsp3) is 0.320. The molecule has 0 aliphatic carbocycles. The summed E-state index contributed by atoms with van der Waals surface area (Å²) in [5, 5.41) is 0. The van der Waals surface area contributed by atoms with Gasteiger partial charge in [0, 0.05) is 30.9 Å². The van der Waals surface area contributed by atoms with Crippen molar-refractivity contribution in [2.45, 2.75) is 31.6 Å². The van der Waals surface area contributed by atoms with Crippen molar-refractivity contribution in [3.8, 4) is 0 Å². The van der Waals surface area contributed by atoms with Gasteiger partial charge in [-0.05, 0) is 67.1 Å². The predicted molar refractivity (Wildman–Crippen MR) is 112 cm³/mol. The summed E-state index contributed by atoms with van der Waals surface area (Å²) in [7, 11) is 0. The molecule has 1 fully saturated rings. The molecule has 144 valence electrons. The Balaban J connectivity index is 1.34. The van der Waals surface area contributed by atoms with Crippen molar-refractivity contribution in [2.24, 2.45) is 0 Å². The van der Waals surface area contributed by atoms with Crippen molar-refractivity contribution in [3.05, 3.63) is 101 Å². The maximum absolute atomic E-state index is 13.4. The Kier molecular flexibility index (Phi) is 6.13. The van der Waals surface area contributed by atoms with Crippen LogP contribution in [0.2, 0.25) is 0 Å². The fourth-order valence-corrected chi connectivity index (χ4v) is 4.10. The Labute approximate surface area is 167 Å². The first-order valence-corrected chi connectivity index (χ1v) is 10.2. The molecule has 3 aromatic rings. The zero-order chi connectivity index (χ0) is 19.2. The van der Waals surface area contributed by atoms with Crippen LogP contribution in [0.15, 0.2) is 72.9 Å². The normalized spacial score (nSPS) is 17.5. The number of benzene rings is 2. The molecular formula is C25H27FN2. The number of hydrogen-bond donors (Lipinski definition) is 0.